The van der Waals surface area contributed by atoms with E-state index in [2.05, 4.69) is 0 Å². The molecule has 0 fully saturated rings. The van der Waals surface area contributed by atoms with Gasteiger partial charge in [0.2, 0.25) is 0 Å². The average Bonchev–Trinajstić information content (AvgIpc) is 1.62. The summed E-state index contributed by atoms with van der Waals surface area (Å²) in [4.78, 5) is 19.7. The van der Waals surface area contributed by atoms with Crippen LogP contribution < -0.4 is 9.79 Å². The van der Waals surface area contributed by atoms with E-state index in [-0.39, 0.29) is 0 Å². The van der Waals surface area contributed by atoms with Crippen LogP contribution in [-0.2, 0) is 4.57 Å². The fraction of sp³-hybridized carbons (Fsp3) is 1.00. The first-order valence-corrected chi connectivity index (χ1v) is 3.84. The fourth-order valence-corrected chi connectivity index (χ4v) is 0.793. The molecule has 0 heterocycles. The third kappa shape index (κ3) is 2.93. The molecule has 0 aromatic rings. The Morgan fingerprint density at radius 1 is 1.44 bits per heavy atom. The second-order valence-electron chi connectivity index (χ2n) is 1.69. The second-order valence-corrected chi connectivity index (χ2v) is 3.30. The van der Waals surface area contributed by atoms with Crippen molar-refractivity contribution < 1.29 is 24.6 Å². The second kappa shape index (κ2) is 2.77. The van der Waals surface area contributed by atoms with E-state index in [4.69, 9.17) is 10.2 Å². The summed E-state index contributed by atoms with van der Waals surface area (Å²) in [6.45, 7) is 1.02. The Hall–Kier alpha value is 0.0700. The van der Waals surface area contributed by atoms with E-state index in [9.17, 15) is 14.4 Å². The first kappa shape index (κ1) is 9.07. The fourth-order valence-electron chi connectivity index (χ4n) is 0.264. The lowest BCUT2D eigenvalue weighted by Crippen LogP contribution is -2.33. The molecule has 0 spiro atoms. The Morgan fingerprint density at radius 2 is 1.78 bits per heavy atom. The molecule has 0 unspecified atom stereocenters. The minimum absolute atomic E-state index is 1.02. The van der Waals surface area contributed by atoms with Gasteiger partial charge in [-0.3, -0.25) is 0 Å². The summed E-state index contributed by atoms with van der Waals surface area (Å²) in [5.74, 6) is -2.18. The van der Waals surface area contributed by atoms with Crippen molar-refractivity contribution in [3.8, 4) is 0 Å². The molecule has 9 heavy (non-hydrogen) atoms. The lowest BCUT2D eigenvalue weighted by atomic mass is 10.4. The molecule has 0 aromatic carbocycles. The zero-order valence-corrected chi connectivity index (χ0v) is 5.62. The molecule has 0 radical (unpaired) electrons. The molecule has 5 nitrogen and oxygen atoms in total. The van der Waals surface area contributed by atoms with Crippen LogP contribution in [0.25, 0.3) is 0 Å². The highest BCUT2D eigenvalue weighted by Gasteiger charge is 2.13. The maximum atomic E-state index is 9.83. The predicted octanol–water partition coefficient (Wildman–Crippen LogP) is -2.40. The van der Waals surface area contributed by atoms with E-state index in [1.54, 1.807) is 0 Å². The largest absolute Gasteiger partial charge is 0.809 e. The summed E-state index contributed by atoms with van der Waals surface area (Å²) in [6, 6.07) is 0. The molecule has 0 saturated carbocycles. The van der Waals surface area contributed by atoms with Crippen molar-refractivity contribution in [2.75, 3.05) is 0 Å². The lowest BCUT2D eigenvalue weighted by Gasteiger charge is -2.35. The summed E-state index contributed by atoms with van der Waals surface area (Å²) in [6.07, 6.45) is -1.52. The summed E-state index contributed by atoms with van der Waals surface area (Å²) in [5, 5.41) is 16.7. The van der Waals surface area contributed by atoms with Gasteiger partial charge in [-0.25, -0.2) is 0 Å². The van der Waals surface area contributed by atoms with Gasteiger partial charge in [0.25, 0.3) is 0 Å². The van der Waals surface area contributed by atoms with E-state index in [0.29, 0.717) is 0 Å². The summed E-state index contributed by atoms with van der Waals surface area (Å²) < 4.78 is 9.83. The molecule has 0 aromatic heterocycles. The normalized spacial score (nSPS) is 19.2. The van der Waals surface area contributed by atoms with Gasteiger partial charge in [0.1, 0.15) is 5.85 Å². The standard InChI is InChI=1S/C3H9O5P/c1-2(4)3(5)9(6,7)8/h2-5H,1H3,(H2,6,7,8)/p-2/t2-,3-/m0/s1. The van der Waals surface area contributed by atoms with E-state index < -0.39 is 19.5 Å². The van der Waals surface area contributed by atoms with Crippen molar-refractivity contribution in [2.24, 2.45) is 0 Å². The van der Waals surface area contributed by atoms with E-state index in [1.165, 1.54) is 0 Å². The van der Waals surface area contributed by atoms with Crippen LogP contribution in [0.3, 0.4) is 0 Å². The molecule has 0 bridgehead atoms. The van der Waals surface area contributed by atoms with Crippen LogP contribution in [0.15, 0.2) is 0 Å². The summed E-state index contributed by atoms with van der Waals surface area (Å²) >= 11 is 0. The Morgan fingerprint density at radius 3 is 1.78 bits per heavy atom. The Kier molecular flexibility index (Phi) is 2.79. The summed E-state index contributed by atoms with van der Waals surface area (Å²) in [7, 11) is -5.01. The third-order valence-electron chi connectivity index (χ3n) is 0.755. The highest BCUT2D eigenvalue weighted by molar-refractivity contribution is 7.49. The maximum absolute atomic E-state index is 9.83. The zero-order chi connectivity index (χ0) is 7.65. The molecule has 6 heteroatoms. The van der Waals surface area contributed by atoms with Crippen LogP contribution in [0.4, 0.5) is 0 Å². The Labute approximate surface area is 52.1 Å². The van der Waals surface area contributed by atoms with Gasteiger partial charge in [0, 0.05) is 0 Å². The molecule has 2 atom stereocenters. The molecule has 2 N–H and O–H groups in total. The van der Waals surface area contributed by atoms with Gasteiger partial charge in [0.05, 0.1) is 6.10 Å². The molecule has 0 amide bonds. The van der Waals surface area contributed by atoms with Gasteiger partial charge in [0.15, 0.2) is 0 Å². The van der Waals surface area contributed by atoms with Crippen LogP contribution in [0.5, 0.6) is 0 Å². The SMILES string of the molecule is C[C@H](O)[C@@H](O)P(=O)([O-])[O-]. The lowest BCUT2D eigenvalue weighted by molar-refractivity contribution is -0.324. The summed E-state index contributed by atoms with van der Waals surface area (Å²) in [5.41, 5.74) is 0. The van der Waals surface area contributed by atoms with E-state index in [1.807, 2.05) is 0 Å². The Bertz CT molecular complexity index is 126. The van der Waals surface area contributed by atoms with Crippen LogP contribution in [0.2, 0.25) is 0 Å². The molecule has 0 rings (SSSR count). The van der Waals surface area contributed by atoms with Gasteiger partial charge < -0.3 is 24.6 Å². The minimum Gasteiger partial charge on any atom is -0.809 e. The van der Waals surface area contributed by atoms with E-state index in [0.717, 1.165) is 6.92 Å². The van der Waals surface area contributed by atoms with E-state index >= 15 is 0 Å². The quantitative estimate of drug-likeness (QED) is 0.431. The highest BCUT2D eigenvalue weighted by Crippen LogP contribution is 2.30. The number of aliphatic hydroxyl groups excluding tert-OH is 2. The maximum Gasteiger partial charge on any atom is 0.106 e. The van der Waals surface area contributed by atoms with Crippen LogP contribution in [-0.4, -0.2) is 22.2 Å². The van der Waals surface area contributed by atoms with Crippen LogP contribution in [0.1, 0.15) is 6.92 Å². The van der Waals surface area contributed by atoms with Crippen LogP contribution in [0, 0.1) is 0 Å². The molecule has 0 aliphatic carbocycles. The van der Waals surface area contributed by atoms with Crippen molar-refractivity contribution in [2.45, 2.75) is 18.9 Å². The molecule has 0 saturated heterocycles. The van der Waals surface area contributed by atoms with Crippen LogP contribution >= 0.6 is 7.60 Å². The molecular formula is C3H7O5P-2. The number of rotatable bonds is 2. The first-order chi connectivity index (χ1) is 3.85. The highest BCUT2D eigenvalue weighted by atomic mass is 31.2. The van der Waals surface area contributed by atoms with Crippen molar-refractivity contribution in [1.29, 1.82) is 0 Å². The number of aliphatic hydroxyl groups is 2. The minimum atomic E-state index is -5.01. The van der Waals surface area contributed by atoms with Gasteiger partial charge in [-0.1, -0.05) is 0 Å². The van der Waals surface area contributed by atoms with Crippen molar-refractivity contribution >= 4 is 7.60 Å². The molecular weight excluding hydrogens is 147 g/mol. The third-order valence-corrected chi connectivity index (χ3v) is 1.83. The average molecular weight is 154 g/mol. The molecule has 0 aliphatic rings. The van der Waals surface area contributed by atoms with Crippen molar-refractivity contribution in [1.82, 2.24) is 0 Å². The monoisotopic (exact) mass is 154 g/mol. The number of hydrogen-bond acceptors (Lipinski definition) is 5. The topological polar surface area (TPSA) is 104 Å². The number of hydrogen-bond donors (Lipinski definition) is 2. The van der Waals surface area contributed by atoms with Crippen molar-refractivity contribution in [3.05, 3.63) is 0 Å². The van der Waals surface area contributed by atoms with Gasteiger partial charge in [-0.05, 0) is 14.5 Å². The Balaban J connectivity index is 4.05. The van der Waals surface area contributed by atoms with Crippen molar-refractivity contribution in [3.63, 3.8) is 0 Å². The zero-order valence-electron chi connectivity index (χ0n) is 4.72. The first-order valence-electron chi connectivity index (χ1n) is 2.23. The smallest absolute Gasteiger partial charge is 0.106 e. The molecule has 0 aliphatic heterocycles. The van der Waals surface area contributed by atoms with Gasteiger partial charge in [-0.15, -0.1) is 0 Å². The molecule has 56 valence electrons. The van der Waals surface area contributed by atoms with Gasteiger partial charge in [-0.2, -0.15) is 0 Å². The van der Waals surface area contributed by atoms with Gasteiger partial charge >= 0.3 is 0 Å². The predicted molar refractivity (Wildman–Crippen MR) is 25.3 cm³/mol.